The van der Waals surface area contributed by atoms with Crippen molar-refractivity contribution >= 4 is 26.1 Å². The van der Waals surface area contributed by atoms with Crippen molar-refractivity contribution in [2.75, 3.05) is 0 Å². The van der Waals surface area contributed by atoms with Crippen LogP contribution in [0.4, 0.5) is 0 Å². The summed E-state index contributed by atoms with van der Waals surface area (Å²) in [5, 5.41) is 5.81. The summed E-state index contributed by atoms with van der Waals surface area (Å²) in [5.74, 6) is 0. The first kappa shape index (κ1) is 12.5. The molecule has 2 N–H and O–H groups in total. The van der Waals surface area contributed by atoms with Crippen LogP contribution >= 0.6 is 0 Å². The van der Waals surface area contributed by atoms with Gasteiger partial charge in [-0.05, 0) is 39.3 Å². The second-order valence-corrected chi connectivity index (χ2v) is 15.9. The highest BCUT2D eigenvalue weighted by Gasteiger charge is 2.25. The fraction of sp³-hybridized carbons (Fsp3) is 1.00. The number of hydrogen-bond acceptors (Lipinski definition) is 3. The van der Waals surface area contributed by atoms with E-state index in [1.807, 2.05) is 0 Å². The summed E-state index contributed by atoms with van der Waals surface area (Å²) in [5.41, 5.74) is 0. The van der Waals surface area contributed by atoms with E-state index in [4.69, 9.17) is 13.6 Å². The Bertz CT molecular complexity index is 125. The van der Waals surface area contributed by atoms with Crippen LogP contribution in [0.5, 0.6) is 0 Å². The van der Waals surface area contributed by atoms with Gasteiger partial charge in [0, 0.05) is 0 Å². The third-order valence-corrected chi connectivity index (χ3v) is 8.45. The van der Waals surface area contributed by atoms with Crippen LogP contribution in [0.1, 0.15) is 0 Å². The van der Waals surface area contributed by atoms with Gasteiger partial charge >= 0.3 is 9.45 Å². The van der Waals surface area contributed by atoms with E-state index in [9.17, 15) is 0 Å². The monoisotopic (exact) mass is 223 g/mol. The molecule has 0 aromatic heterocycles. The molecule has 0 unspecified atom stereocenters. The molecule has 0 radical (unpaired) electrons. The van der Waals surface area contributed by atoms with Crippen molar-refractivity contribution in [3.05, 3.63) is 0 Å². The van der Waals surface area contributed by atoms with E-state index in [0.717, 1.165) is 0 Å². The average molecular weight is 223 g/mol. The first-order valence-corrected chi connectivity index (χ1v) is 12.6. The van der Waals surface area contributed by atoms with Crippen LogP contribution in [0.15, 0.2) is 0 Å². The van der Waals surface area contributed by atoms with Gasteiger partial charge in [0.1, 0.15) is 0 Å². The molecule has 0 saturated heterocycles. The highest BCUT2D eigenvalue weighted by Crippen LogP contribution is 2.08. The van der Waals surface area contributed by atoms with Crippen molar-refractivity contribution in [3.8, 4) is 0 Å². The smallest absolute Gasteiger partial charge is 0.384 e. The lowest BCUT2D eigenvalue weighted by Crippen LogP contribution is -2.48. The third kappa shape index (κ3) is 8.63. The zero-order valence-corrected chi connectivity index (χ0v) is 12.1. The van der Waals surface area contributed by atoms with Gasteiger partial charge in [-0.2, -0.15) is 0 Å². The van der Waals surface area contributed by atoms with Gasteiger partial charge in [0.15, 0.2) is 16.6 Å². The number of rotatable bonds is 4. The molecule has 0 fully saturated rings. The molecule has 0 aliphatic carbocycles. The molecule has 0 aromatic carbocycles. The maximum absolute atomic E-state index is 5.81. The van der Waals surface area contributed by atoms with Gasteiger partial charge in [-0.3, -0.25) is 0 Å². The van der Waals surface area contributed by atoms with Crippen LogP contribution in [0.2, 0.25) is 39.3 Å². The normalized spacial score (nSPS) is 14.0. The van der Waals surface area contributed by atoms with Crippen LogP contribution in [0, 0.1) is 0 Å². The minimum Gasteiger partial charge on any atom is -0.428 e. The van der Waals surface area contributed by atoms with E-state index in [-0.39, 0.29) is 0 Å². The molecule has 6 heteroatoms. The summed E-state index contributed by atoms with van der Waals surface area (Å²) in [6.07, 6.45) is 0. The zero-order valence-electron chi connectivity index (χ0n) is 8.97. The predicted octanol–water partition coefficient (Wildman–Crippen LogP) is 1.37. The van der Waals surface area contributed by atoms with Crippen LogP contribution in [0.25, 0.3) is 0 Å². The maximum atomic E-state index is 5.81. The molecule has 0 aliphatic heterocycles. The molecule has 0 amide bonds. The molecule has 74 valence electrons. The highest BCUT2D eigenvalue weighted by atomic mass is 28.5. The van der Waals surface area contributed by atoms with Crippen molar-refractivity contribution in [2.45, 2.75) is 39.3 Å². The van der Waals surface area contributed by atoms with Crippen LogP contribution < -0.4 is 5.40 Å². The van der Waals surface area contributed by atoms with E-state index in [1.165, 1.54) is 0 Å². The molecule has 0 spiro atoms. The molecule has 0 rings (SSSR count). The van der Waals surface area contributed by atoms with Crippen molar-refractivity contribution in [2.24, 2.45) is 5.40 Å². The molecule has 0 bridgehead atoms. The summed E-state index contributed by atoms with van der Waals surface area (Å²) in [7, 11) is -4.80. The molecule has 0 atom stereocenters. The Labute approximate surface area is 79.4 Å². The predicted molar refractivity (Wildman–Crippen MR) is 60.2 cm³/mol. The summed E-state index contributed by atoms with van der Waals surface area (Å²) in [6.45, 7) is 12.8. The second-order valence-electron chi connectivity index (χ2n) is 4.83. The van der Waals surface area contributed by atoms with E-state index >= 15 is 0 Å². The third-order valence-electron chi connectivity index (χ3n) is 0.939. The maximum Gasteiger partial charge on any atom is 0.384 e. The van der Waals surface area contributed by atoms with Gasteiger partial charge in [0.25, 0.3) is 0 Å². The average Bonchev–Trinajstić information content (AvgIpc) is 1.49. The standard InChI is InChI=1S/C6H21NO2Si3/c1-11(2,3)8-10(7)9-12(4,5)6/h10H,7H2,1-6H3. The van der Waals surface area contributed by atoms with Gasteiger partial charge in [0.2, 0.25) is 0 Å². The van der Waals surface area contributed by atoms with Crippen molar-refractivity contribution < 1.29 is 8.23 Å². The van der Waals surface area contributed by atoms with E-state index < -0.39 is 26.1 Å². The van der Waals surface area contributed by atoms with Crippen molar-refractivity contribution in [1.29, 1.82) is 0 Å². The van der Waals surface area contributed by atoms with Crippen LogP contribution in [0.3, 0.4) is 0 Å². The van der Waals surface area contributed by atoms with Crippen molar-refractivity contribution in [3.63, 3.8) is 0 Å². The Morgan fingerprint density at radius 3 is 1.25 bits per heavy atom. The van der Waals surface area contributed by atoms with Gasteiger partial charge in [0.05, 0.1) is 0 Å². The van der Waals surface area contributed by atoms with Crippen LogP contribution in [-0.4, -0.2) is 26.1 Å². The quantitative estimate of drug-likeness (QED) is 0.732. The minimum atomic E-state index is -1.83. The van der Waals surface area contributed by atoms with Gasteiger partial charge in [-0.1, -0.05) is 0 Å². The Kier molecular flexibility index (Phi) is 4.34. The Balaban J connectivity index is 3.83. The zero-order chi connectivity index (χ0) is 9.99. The fourth-order valence-electron chi connectivity index (χ4n) is 0.721. The molecule has 0 aliphatic rings. The van der Waals surface area contributed by atoms with Gasteiger partial charge in [-0.25, -0.2) is 0 Å². The minimum absolute atomic E-state index is 1.49. The molecule has 3 nitrogen and oxygen atoms in total. The van der Waals surface area contributed by atoms with E-state index in [2.05, 4.69) is 39.3 Å². The van der Waals surface area contributed by atoms with E-state index in [0.29, 0.717) is 0 Å². The van der Waals surface area contributed by atoms with Crippen LogP contribution in [-0.2, 0) is 8.23 Å². The van der Waals surface area contributed by atoms with E-state index in [1.54, 1.807) is 0 Å². The lowest BCUT2D eigenvalue weighted by molar-refractivity contribution is 0.421. The summed E-state index contributed by atoms with van der Waals surface area (Å²) >= 11 is 0. The Morgan fingerprint density at radius 1 is 0.833 bits per heavy atom. The fourth-order valence-corrected chi connectivity index (χ4v) is 6.92. The van der Waals surface area contributed by atoms with Crippen molar-refractivity contribution in [1.82, 2.24) is 0 Å². The first-order chi connectivity index (χ1) is 5.10. The summed E-state index contributed by atoms with van der Waals surface area (Å²) in [6, 6.07) is 0. The Morgan fingerprint density at radius 2 is 1.08 bits per heavy atom. The van der Waals surface area contributed by atoms with Gasteiger partial charge < -0.3 is 13.6 Å². The first-order valence-electron chi connectivity index (χ1n) is 4.21. The highest BCUT2D eigenvalue weighted by molar-refractivity contribution is 6.80. The molecule has 0 aromatic rings. The molecule has 0 saturated carbocycles. The molecule has 12 heavy (non-hydrogen) atoms. The lowest BCUT2D eigenvalue weighted by atomic mass is 11.8. The number of nitrogens with two attached hydrogens (primary N) is 1. The second kappa shape index (κ2) is 4.16. The number of hydrogen-bond donors (Lipinski definition) is 1. The van der Waals surface area contributed by atoms with Gasteiger partial charge in [-0.15, -0.1) is 0 Å². The Hall–Kier alpha value is 0.531. The molecular weight excluding hydrogens is 202 g/mol. The molecular formula is C6H21NO2Si3. The lowest BCUT2D eigenvalue weighted by Gasteiger charge is -2.27. The summed E-state index contributed by atoms with van der Waals surface area (Å²) < 4.78 is 11.4. The SMILES string of the molecule is C[Si](C)(C)O[SiH](N)O[Si](C)(C)C. The largest absolute Gasteiger partial charge is 0.428 e. The molecule has 0 heterocycles. The summed E-state index contributed by atoms with van der Waals surface area (Å²) in [4.78, 5) is 0. The topological polar surface area (TPSA) is 44.5 Å².